The van der Waals surface area contributed by atoms with Crippen LogP contribution in [0.15, 0.2) is 0 Å². The Labute approximate surface area is 238 Å². The predicted molar refractivity (Wildman–Crippen MR) is 112 cm³/mol. The van der Waals surface area contributed by atoms with Gasteiger partial charge in [0, 0.05) is 17.9 Å². The molecule has 0 N–H and O–H groups in total. The molecule has 8 heteroatoms. The van der Waals surface area contributed by atoms with Gasteiger partial charge in [0.05, 0.1) is 0 Å². The van der Waals surface area contributed by atoms with Gasteiger partial charge in [0.1, 0.15) is 4.84 Å². The number of rotatable bonds is 21. The number of hydrogen-bond donors (Lipinski definition) is 0. The first-order valence-electron chi connectivity index (χ1n) is 11.1. The third-order valence-corrected chi connectivity index (χ3v) is 5.66. The van der Waals surface area contributed by atoms with Crippen LogP contribution in [0.1, 0.15) is 116 Å². The van der Waals surface area contributed by atoms with E-state index in [1.807, 2.05) is 0 Å². The Morgan fingerprint density at radius 1 is 0.567 bits per heavy atom. The minimum atomic E-state index is -1.32. The Hall–Kier alpha value is 1.52. The average molecular weight is 483 g/mol. The molecule has 0 aromatic heterocycles. The molecule has 166 valence electrons. The summed E-state index contributed by atoms with van der Waals surface area (Å²) in [6.07, 6.45) is 18.9. The maximum Gasteiger partial charge on any atom is 1.00 e. The summed E-state index contributed by atoms with van der Waals surface area (Å²) in [4.78, 5) is 21.1. The topological polar surface area (TPSA) is 80.3 Å². The zero-order valence-corrected chi connectivity index (χ0v) is 24.8. The molecule has 0 aliphatic carbocycles. The second-order valence-corrected chi connectivity index (χ2v) is 9.14. The van der Waals surface area contributed by atoms with Gasteiger partial charge in [-0.3, -0.25) is 0 Å². The molecule has 1 atom stereocenters. The maximum atomic E-state index is 10.8. The van der Waals surface area contributed by atoms with Gasteiger partial charge in [0.15, 0.2) is 0 Å². The van der Waals surface area contributed by atoms with Crippen molar-refractivity contribution in [2.24, 2.45) is 5.92 Å². The van der Waals surface area contributed by atoms with Crippen LogP contribution in [-0.4, -0.2) is 16.8 Å². The molecule has 0 saturated heterocycles. The number of halogens is 2. The molecule has 30 heavy (non-hydrogen) atoms. The standard InChI is InChI=1S/C22H40Cl2O4.2Na/c23-20(24)17-15-13-11-9-7-5-3-1-2-4-6-8-10-12-14-16-19(22(27)28)18-21(25)26;;/h19-20H,1-18H2,(H,25,26)(H,27,28);;/q;2*+1/p-2. The average Bonchev–Trinajstić information content (AvgIpc) is 2.62. The maximum absolute atomic E-state index is 10.8. The van der Waals surface area contributed by atoms with E-state index in [0.29, 0.717) is 6.42 Å². The van der Waals surface area contributed by atoms with E-state index in [4.69, 9.17) is 23.2 Å². The molecule has 0 aliphatic rings. The van der Waals surface area contributed by atoms with Crippen molar-refractivity contribution in [3.05, 3.63) is 0 Å². The Balaban J connectivity index is -0.00000364. The Bertz CT molecular complexity index is 399. The van der Waals surface area contributed by atoms with Gasteiger partial charge in [-0.1, -0.05) is 96.3 Å². The Morgan fingerprint density at radius 3 is 1.13 bits per heavy atom. The quantitative estimate of drug-likeness (QED) is 0.118. The molecule has 0 radical (unpaired) electrons. The van der Waals surface area contributed by atoms with E-state index >= 15 is 0 Å². The van der Waals surface area contributed by atoms with E-state index in [1.54, 1.807) is 0 Å². The molecule has 0 aromatic carbocycles. The van der Waals surface area contributed by atoms with E-state index in [0.717, 1.165) is 32.1 Å². The van der Waals surface area contributed by atoms with E-state index in [1.165, 1.54) is 70.6 Å². The summed E-state index contributed by atoms with van der Waals surface area (Å²) in [5.41, 5.74) is 0. The first-order chi connectivity index (χ1) is 13.4. The first-order valence-corrected chi connectivity index (χ1v) is 12.0. The van der Waals surface area contributed by atoms with Crippen LogP contribution in [0.5, 0.6) is 0 Å². The van der Waals surface area contributed by atoms with Gasteiger partial charge in [0.2, 0.25) is 0 Å². The van der Waals surface area contributed by atoms with Crippen LogP contribution in [0.4, 0.5) is 0 Å². The summed E-state index contributed by atoms with van der Waals surface area (Å²) in [5.74, 6) is -3.50. The number of hydrogen-bond acceptors (Lipinski definition) is 4. The van der Waals surface area contributed by atoms with Crippen LogP contribution in [0, 0.1) is 5.92 Å². The number of unbranched alkanes of at least 4 members (excludes halogenated alkanes) is 14. The van der Waals surface area contributed by atoms with Crippen LogP contribution >= 0.6 is 23.2 Å². The molecule has 0 amide bonds. The van der Waals surface area contributed by atoms with Gasteiger partial charge in [-0.25, -0.2) is 0 Å². The van der Waals surface area contributed by atoms with E-state index in [-0.39, 0.29) is 64.0 Å². The molecule has 0 spiro atoms. The third kappa shape index (κ3) is 27.6. The first kappa shape index (κ1) is 36.1. The molecule has 0 saturated carbocycles. The van der Waals surface area contributed by atoms with E-state index in [9.17, 15) is 19.8 Å². The zero-order chi connectivity index (χ0) is 21.0. The molecule has 0 heterocycles. The summed E-state index contributed by atoms with van der Waals surface area (Å²) >= 11 is 11.4. The van der Waals surface area contributed by atoms with Gasteiger partial charge in [0.25, 0.3) is 0 Å². The summed E-state index contributed by atoms with van der Waals surface area (Å²) in [7, 11) is 0. The van der Waals surface area contributed by atoms with E-state index < -0.39 is 24.3 Å². The second-order valence-electron chi connectivity index (χ2n) is 7.86. The Kier molecular flexibility index (Phi) is 32.2. The molecule has 0 fully saturated rings. The SMILES string of the molecule is O=C([O-])CC(CCCCCCCCCCCCCCCCCC(Cl)Cl)C(=O)[O-].[Na+].[Na+]. The summed E-state index contributed by atoms with van der Waals surface area (Å²) in [6, 6.07) is 0. The normalized spacial score (nSPS) is 11.6. The molecule has 0 aromatic rings. The van der Waals surface area contributed by atoms with Crippen molar-refractivity contribution in [2.75, 3.05) is 0 Å². The van der Waals surface area contributed by atoms with Crippen molar-refractivity contribution in [1.82, 2.24) is 0 Å². The van der Waals surface area contributed by atoms with Crippen molar-refractivity contribution in [1.29, 1.82) is 0 Å². The summed E-state index contributed by atoms with van der Waals surface area (Å²) < 4.78 is 0. The van der Waals surface area contributed by atoms with Gasteiger partial charge in [-0.2, -0.15) is 0 Å². The van der Waals surface area contributed by atoms with Gasteiger partial charge in [-0.15, -0.1) is 23.2 Å². The van der Waals surface area contributed by atoms with Gasteiger partial charge < -0.3 is 19.8 Å². The van der Waals surface area contributed by atoms with Gasteiger partial charge in [-0.05, 0) is 19.3 Å². The molecule has 0 rings (SSSR count). The molecule has 4 nitrogen and oxygen atoms in total. The monoisotopic (exact) mass is 482 g/mol. The van der Waals surface area contributed by atoms with Gasteiger partial charge >= 0.3 is 59.1 Å². The second kappa shape index (κ2) is 26.8. The van der Waals surface area contributed by atoms with E-state index in [2.05, 4.69) is 0 Å². The van der Waals surface area contributed by atoms with Crippen molar-refractivity contribution in [2.45, 2.75) is 120 Å². The zero-order valence-electron chi connectivity index (χ0n) is 19.3. The predicted octanol–water partition coefficient (Wildman–Crippen LogP) is -1.06. The number of carboxylic acids is 2. The minimum Gasteiger partial charge on any atom is -0.550 e. The fourth-order valence-corrected chi connectivity index (χ4v) is 3.80. The molecule has 0 aliphatic heterocycles. The summed E-state index contributed by atoms with van der Waals surface area (Å²) in [5, 5.41) is 21.3. The number of carbonyl (C=O) groups is 2. The van der Waals surface area contributed by atoms with Crippen LogP contribution in [0.2, 0.25) is 0 Å². The molecular formula is C22H38Cl2Na2O4. The van der Waals surface area contributed by atoms with Crippen molar-refractivity contribution in [3.63, 3.8) is 0 Å². The largest absolute Gasteiger partial charge is 1.00 e. The number of alkyl halides is 2. The molecule has 1 unspecified atom stereocenters. The molecule has 0 bridgehead atoms. The number of aliphatic carboxylic acids is 2. The van der Waals surface area contributed by atoms with Crippen molar-refractivity contribution >= 4 is 35.1 Å². The summed E-state index contributed by atoms with van der Waals surface area (Å²) in [6.45, 7) is 0. The smallest absolute Gasteiger partial charge is 0.550 e. The molecular weight excluding hydrogens is 445 g/mol. The van der Waals surface area contributed by atoms with Crippen molar-refractivity contribution < 1.29 is 78.9 Å². The fourth-order valence-electron chi connectivity index (χ4n) is 3.49. The minimum absolute atomic E-state index is 0. The van der Waals surface area contributed by atoms with Crippen LogP contribution < -0.4 is 69.3 Å². The van der Waals surface area contributed by atoms with Crippen LogP contribution in [0.3, 0.4) is 0 Å². The van der Waals surface area contributed by atoms with Crippen molar-refractivity contribution in [3.8, 4) is 0 Å². The third-order valence-electron chi connectivity index (χ3n) is 5.22. The van der Waals surface area contributed by atoms with Crippen LogP contribution in [0.25, 0.3) is 0 Å². The number of carbonyl (C=O) groups excluding carboxylic acids is 2. The fraction of sp³-hybridized carbons (Fsp3) is 0.909. The number of carboxylic acid groups (broad SMARTS) is 2. The Morgan fingerprint density at radius 2 is 0.867 bits per heavy atom. The van der Waals surface area contributed by atoms with Crippen LogP contribution in [-0.2, 0) is 9.59 Å².